The number of hydrogen-bond acceptors (Lipinski definition) is 4. The van der Waals surface area contributed by atoms with Crippen LogP contribution in [0.15, 0.2) is 11.6 Å². The number of likely N-dealkylation sites (N-methyl/N-ethyl adjacent to an activating group) is 1. The van der Waals surface area contributed by atoms with Crippen LogP contribution in [0.3, 0.4) is 0 Å². The first kappa shape index (κ1) is 18.4. The summed E-state index contributed by atoms with van der Waals surface area (Å²) in [6.07, 6.45) is 8.59. The van der Waals surface area contributed by atoms with E-state index in [1.807, 2.05) is 6.92 Å². The van der Waals surface area contributed by atoms with E-state index in [4.69, 9.17) is 4.74 Å². The molecule has 2 unspecified atom stereocenters. The highest BCUT2D eigenvalue weighted by Gasteiger charge is 2.27. The van der Waals surface area contributed by atoms with Gasteiger partial charge in [0.25, 0.3) is 0 Å². The first-order valence-electron chi connectivity index (χ1n) is 9.02. The van der Waals surface area contributed by atoms with Crippen LogP contribution in [0.25, 0.3) is 0 Å². The number of carbonyl (C=O) groups is 1. The van der Waals surface area contributed by atoms with Gasteiger partial charge in [0.15, 0.2) is 0 Å². The van der Waals surface area contributed by atoms with E-state index >= 15 is 0 Å². The van der Waals surface area contributed by atoms with Gasteiger partial charge in [0.05, 0.1) is 18.8 Å². The van der Waals surface area contributed by atoms with Gasteiger partial charge in [-0.3, -0.25) is 9.69 Å². The van der Waals surface area contributed by atoms with Gasteiger partial charge >= 0.3 is 0 Å². The van der Waals surface area contributed by atoms with E-state index in [9.17, 15) is 4.79 Å². The van der Waals surface area contributed by atoms with Crippen LogP contribution < -0.4 is 5.32 Å². The van der Waals surface area contributed by atoms with Crippen LogP contribution in [0, 0.1) is 0 Å². The lowest BCUT2D eigenvalue weighted by molar-refractivity contribution is -0.129. The highest BCUT2D eigenvalue weighted by Crippen LogP contribution is 2.19. The standard InChI is InChI=1S/C18H33N3O2/c1-15(21-11-12-23-17(14-21)13-20(2)3)18(22)19-10-9-16-7-5-4-6-8-16/h7,15,17H,4-6,8-14H2,1-3H3,(H,19,22). The number of rotatable bonds is 7. The fraction of sp³-hybridized carbons (Fsp3) is 0.833. The molecule has 5 nitrogen and oxygen atoms in total. The van der Waals surface area contributed by atoms with Gasteiger partial charge in [-0.1, -0.05) is 11.6 Å². The van der Waals surface area contributed by atoms with Crippen LogP contribution in [0.4, 0.5) is 0 Å². The number of amides is 1. The van der Waals surface area contributed by atoms with E-state index in [1.54, 1.807) is 0 Å². The number of ether oxygens (including phenoxy) is 1. The number of allylic oxidation sites excluding steroid dienone is 1. The Balaban J connectivity index is 1.71. The Bertz CT molecular complexity index is 409. The van der Waals surface area contributed by atoms with Crippen LogP contribution in [-0.2, 0) is 9.53 Å². The molecule has 132 valence electrons. The Morgan fingerprint density at radius 3 is 3.00 bits per heavy atom. The van der Waals surface area contributed by atoms with Crippen LogP contribution in [0.5, 0.6) is 0 Å². The van der Waals surface area contributed by atoms with Crippen LogP contribution in [-0.4, -0.2) is 74.7 Å². The quantitative estimate of drug-likeness (QED) is 0.724. The van der Waals surface area contributed by atoms with E-state index in [0.717, 1.165) is 32.6 Å². The largest absolute Gasteiger partial charge is 0.374 e. The van der Waals surface area contributed by atoms with E-state index in [2.05, 4.69) is 35.3 Å². The smallest absolute Gasteiger partial charge is 0.237 e. The zero-order valence-corrected chi connectivity index (χ0v) is 15.0. The summed E-state index contributed by atoms with van der Waals surface area (Å²) in [5.41, 5.74) is 1.52. The van der Waals surface area contributed by atoms with Gasteiger partial charge in [0.2, 0.25) is 5.91 Å². The Morgan fingerprint density at radius 2 is 2.30 bits per heavy atom. The third-order valence-corrected chi connectivity index (χ3v) is 4.80. The minimum atomic E-state index is -0.0797. The summed E-state index contributed by atoms with van der Waals surface area (Å²) < 4.78 is 5.79. The maximum absolute atomic E-state index is 12.4. The fourth-order valence-corrected chi connectivity index (χ4v) is 3.40. The SMILES string of the molecule is CC(C(=O)NCCC1=CCCCC1)N1CCOC(CN(C)C)C1. The minimum Gasteiger partial charge on any atom is -0.374 e. The van der Waals surface area contributed by atoms with Crippen LogP contribution >= 0.6 is 0 Å². The molecule has 2 aliphatic rings. The van der Waals surface area contributed by atoms with Crippen molar-refractivity contribution in [3.63, 3.8) is 0 Å². The van der Waals surface area contributed by atoms with Gasteiger partial charge in [-0.2, -0.15) is 0 Å². The number of morpholine rings is 1. The molecule has 0 aromatic rings. The van der Waals surface area contributed by atoms with Gasteiger partial charge in [0.1, 0.15) is 0 Å². The lowest BCUT2D eigenvalue weighted by Gasteiger charge is -2.37. The maximum Gasteiger partial charge on any atom is 0.237 e. The predicted molar refractivity (Wildman–Crippen MR) is 93.5 cm³/mol. The van der Waals surface area contributed by atoms with Crippen molar-refractivity contribution in [3.05, 3.63) is 11.6 Å². The van der Waals surface area contributed by atoms with E-state index in [1.165, 1.54) is 31.3 Å². The lowest BCUT2D eigenvalue weighted by Crippen LogP contribution is -2.54. The summed E-state index contributed by atoms with van der Waals surface area (Å²) in [6.45, 7) is 6.05. The van der Waals surface area contributed by atoms with Crippen molar-refractivity contribution in [2.45, 2.75) is 51.2 Å². The average molecular weight is 323 g/mol. The Labute approximate surface area is 141 Å². The van der Waals surface area contributed by atoms with Crippen molar-refractivity contribution in [2.24, 2.45) is 0 Å². The molecule has 1 N–H and O–H groups in total. The van der Waals surface area contributed by atoms with E-state index in [0.29, 0.717) is 6.61 Å². The number of carbonyl (C=O) groups excluding carboxylic acids is 1. The first-order chi connectivity index (χ1) is 11.1. The maximum atomic E-state index is 12.4. The third kappa shape index (κ3) is 6.24. The Hall–Kier alpha value is -0.910. The van der Waals surface area contributed by atoms with E-state index < -0.39 is 0 Å². The number of hydrogen-bond donors (Lipinski definition) is 1. The molecule has 1 heterocycles. The second-order valence-corrected chi connectivity index (χ2v) is 7.08. The van der Waals surface area contributed by atoms with Gasteiger partial charge in [0, 0.05) is 26.2 Å². The van der Waals surface area contributed by atoms with Crippen LogP contribution in [0.1, 0.15) is 39.0 Å². The lowest BCUT2D eigenvalue weighted by atomic mass is 9.97. The van der Waals surface area contributed by atoms with Gasteiger partial charge in [-0.25, -0.2) is 0 Å². The molecule has 1 fully saturated rings. The molecule has 0 bridgehead atoms. The molecular formula is C18H33N3O2. The molecule has 0 aromatic heterocycles. The molecule has 1 saturated heterocycles. The monoisotopic (exact) mass is 323 g/mol. The highest BCUT2D eigenvalue weighted by atomic mass is 16.5. The minimum absolute atomic E-state index is 0.0797. The normalized spacial score (nSPS) is 24.3. The molecule has 0 saturated carbocycles. The number of nitrogens with one attached hydrogen (secondary N) is 1. The molecule has 2 rings (SSSR count). The van der Waals surface area contributed by atoms with Crippen molar-refractivity contribution in [2.75, 3.05) is 46.9 Å². The second-order valence-electron chi connectivity index (χ2n) is 7.08. The molecule has 23 heavy (non-hydrogen) atoms. The topological polar surface area (TPSA) is 44.8 Å². The fourth-order valence-electron chi connectivity index (χ4n) is 3.40. The second kappa shape index (κ2) is 9.40. The zero-order valence-electron chi connectivity index (χ0n) is 15.0. The Kier molecular flexibility index (Phi) is 7.53. The summed E-state index contributed by atoms with van der Waals surface area (Å²) in [7, 11) is 4.11. The van der Waals surface area contributed by atoms with Crippen molar-refractivity contribution < 1.29 is 9.53 Å². The van der Waals surface area contributed by atoms with Gasteiger partial charge in [-0.05, 0) is 53.1 Å². The van der Waals surface area contributed by atoms with E-state index in [-0.39, 0.29) is 18.1 Å². The van der Waals surface area contributed by atoms with Crippen molar-refractivity contribution in [1.29, 1.82) is 0 Å². The highest BCUT2D eigenvalue weighted by molar-refractivity contribution is 5.81. The van der Waals surface area contributed by atoms with Crippen LogP contribution in [0.2, 0.25) is 0 Å². The first-order valence-corrected chi connectivity index (χ1v) is 9.02. The van der Waals surface area contributed by atoms with Gasteiger partial charge < -0.3 is 15.0 Å². The van der Waals surface area contributed by atoms with Gasteiger partial charge in [-0.15, -0.1) is 0 Å². The molecule has 1 amide bonds. The third-order valence-electron chi connectivity index (χ3n) is 4.80. The summed E-state index contributed by atoms with van der Waals surface area (Å²) in [5, 5.41) is 3.11. The molecule has 0 radical (unpaired) electrons. The summed E-state index contributed by atoms with van der Waals surface area (Å²) >= 11 is 0. The van der Waals surface area contributed by atoms with Crippen molar-refractivity contribution in [1.82, 2.24) is 15.1 Å². The molecule has 0 aromatic carbocycles. The predicted octanol–water partition coefficient (Wildman–Crippen LogP) is 1.64. The average Bonchev–Trinajstić information content (AvgIpc) is 2.54. The molecule has 1 aliphatic carbocycles. The van der Waals surface area contributed by atoms with Crippen molar-refractivity contribution in [3.8, 4) is 0 Å². The molecule has 5 heteroatoms. The zero-order chi connectivity index (χ0) is 16.7. The molecular weight excluding hydrogens is 290 g/mol. The summed E-state index contributed by atoms with van der Waals surface area (Å²) in [4.78, 5) is 16.8. The summed E-state index contributed by atoms with van der Waals surface area (Å²) in [5.74, 6) is 0.145. The van der Waals surface area contributed by atoms with Crippen molar-refractivity contribution >= 4 is 5.91 Å². The molecule has 0 spiro atoms. The summed E-state index contributed by atoms with van der Waals surface area (Å²) in [6, 6.07) is -0.0797. The Morgan fingerprint density at radius 1 is 1.48 bits per heavy atom. The molecule has 2 atom stereocenters. The number of nitrogens with zero attached hydrogens (tertiary/aromatic N) is 2. The molecule has 1 aliphatic heterocycles.